The summed E-state index contributed by atoms with van der Waals surface area (Å²) in [6.45, 7) is 6.42. The third kappa shape index (κ3) is 51.4. The highest BCUT2D eigenvalue weighted by atomic mass is 16.6. The van der Waals surface area contributed by atoms with Gasteiger partial charge in [0, 0.05) is 19.3 Å². The number of hydrogen-bond acceptors (Lipinski definition) is 6. The van der Waals surface area contributed by atoms with E-state index in [1.807, 2.05) is 0 Å². The molecule has 0 aromatic heterocycles. The number of rotatable bonds is 48. The molecule has 0 aliphatic carbocycles. The molecule has 0 N–H and O–H groups in total. The maximum atomic E-state index is 12.7. The normalized spacial score (nSPS) is 12.7. The van der Waals surface area contributed by atoms with Gasteiger partial charge in [0.15, 0.2) is 6.10 Å². The van der Waals surface area contributed by atoms with Gasteiger partial charge in [-0.3, -0.25) is 14.4 Å². The Labute approximate surface area is 401 Å². The van der Waals surface area contributed by atoms with Crippen LogP contribution in [0.25, 0.3) is 0 Å². The van der Waals surface area contributed by atoms with Crippen LogP contribution in [0.2, 0.25) is 0 Å². The lowest BCUT2D eigenvalue weighted by molar-refractivity contribution is -0.167. The summed E-state index contributed by atoms with van der Waals surface area (Å²) in [5.74, 6) is -0.913. The van der Waals surface area contributed by atoms with Crippen molar-refractivity contribution in [2.45, 2.75) is 258 Å². The van der Waals surface area contributed by atoms with Crippen molar-refractivity contribution in [2.24, 2.45) is 0 Å². The van der Waals surface area contributed by atoms with E-state index in [9.17, 15) is 14.4 Å². The van der Waals surface area contributed by atoms with Gasteiger partial charge in [-0.25, -0.2) is 0 Å². The van der Waals surface area contributed by atoms with E-state index in [2.05, 4.69) is 106 Å². The SMILES string of the molecule is CC/C=C\C/C=C\C/C=C\C/C=C\C/C=C\C/C=C\CCCCCCCCCCC(=O)OCC(COC(=O)CCCCCCC)OC(=O)CCCCCCC/C=C\CCCCCCCC. The topological polar surface area (TPSA) is 78.9 Å². The lowest BCUT2D eigenvalue weighted by Gasteiger charge is -2.18. The summed E-state index contributed by atoms with van der Waals surface area (Å²) in [7, 11) is 0. The number of ether oxygens (including phenoxy) is 3. The zero-order valence-electron chi connectivity index (χ0n) is 42.5. The highest BCUT2D eigenvalue weighted by molar-refractivity contribution is 5.71. The molecule has 0 radical (unpaired) electrons. The molecule has 372 valence electrons. The quantitative estimate of drug-likeness (QED) is 0.0262. The second-order valence-corrected chi connectivity index (χ2v) is 17.8. The second kappa shape index (κ2) is 53.2. The minimum Gasteiger partial charge on any atom is -0.462 e. The van der Waals surface area contributed by atoms with E-state index in [4.69, 9.17) is 14.2 Å². The first-order chi connectivity index (χ1) is 32.0. The minimum atomic E-state index is -0.780. The number of hydrogen-bond donors (Lipinski definition) is 0. The Balaban J connectivity index is 4.13. The third-order valence-electron chi connectivity index (χ3n) is 11.4. The van der Waals surface area contributed by atoms with Gasteiger partial charge in [0.2, 0.25) is 0 Å². The standard InChI is InChI=1S/C59H100O6/c1-4-7-10-13-15-17-19-21-23-24-25-26-27-28-29-30-31-32-33-34-36-37-39-41-43-46-49-52-58(61)64-55-56(54-63-57(60)51-48-45-12-9-6-3)65-59(62)53-50-47-44-42-40-38-35-22-20-18-16-14-11-8-5-2/h7,10,15,17,21-23,25-26,28-29,31-32,35,56H,4-6,8-9,11-14,16,18-20,24,27,30,33-34,36-55H2,1-3H3/b10-7-,17-15-,23-21-,26-25-,29-28-,32-31-,35-22-. The fourth-order valence-corrected chi connectivity index (χ4v) is 7.32. The lowest BCUT2D eigenvalue weighted by atomic mass is 10.1. The minimum absolute atomic E-state index is 0.0828. The zero-order chi connectivity index (χ0) is 47.2. The van der Waals surface area contributed by atoms with Gasteiger partial charge < -0.3 is 14.2 Å². The van der Waals surface area contributed by atoms with Crippen LogP contribution in [0.5, 0.6) is 0 Å². The molecule has 0 aromatic rings. The van der Waals surface area contributed by atoms with Crippen LogP contribution in [0.15, 0.2) is 85.1 Å². The summed E-state index contributed by atoms with van der Waals surface area (Å²) in [6.07, 6.45) is 69.0. The molecule has 65 heavy (non-hydrogen) atoms. The molecule has 1 atom stereocenters. The van der Waals surface area contributed by atoms with E-state index in [-0.39, 0.29) is 31.1 Å². The molecule has 0 heterocycles. The Morgan fingerprint density at radius 3 is 0.954 bits per heavy atom. The van der Waals surface area contributed by atoms with Crippen molar-refractivity contribution in [3.63, 3.8) is 0 Å². The Hall–Kier alpha value is -3.41. The van der Waals surface area contributed by atoms with Crippen LogP contribution >= 0.6 is 0 Å². The van der Waals surface area contributed by atoms with Gasteiger partial charge >= 0.3 is 17.9 Å². The number of carbonyl (C=O) groups is 3. The van der Waals surface area contributed by atoms with E-state index in [0.29, 0.717) is 19.3 Å². The molecule has 0 aromatic carbocycles. The average molecular weight is 905 g/mol. The summed E-state index contributed by atoms with van der Waals surface area (Å²) >= 11 is 0. The first-order valence-electron chi connectivity index (χ1n) is 27.1. The van der Waals surface area contributed by atoms with E-state index >= 15 is 0 Å². The van der Waals surface area contributed by atoms with Gasteiger partial charge in [0.05, 0.1) is 0 Å². The maximum Gasteiger partial charge on any atom is 0.306 e. The van der Waals surface area contributed by atoms with Crippen LogP contribution in [-0.2, 0) is 28.6 Å². The zero-order valence-corrected chi connectivity index (χ0v) is 42.5. The van der Waals surface area contributed by atoms with E-state index in [0.717, 1.165) is 122 Å². The summed E-state index contributed by atoms with van der Waals surface area (Å²) in [6, 6.07) is 0. The van der Waals surface area contributed by atoms with E-state index in [1.54, 1.807) is 0 Å². The first-order valence-corrected chi connectivity index (χ1v) is 27.1. The molecular formula is C59H100O6. The molecule has 0 rings (SSSR count). The molecule has 0 amide bonds. The number of carbonyl (C=O) groups excluding carboxylic acids is 3. The van der Waals surface area contributed by atoms with Crippen LogP contribution < -0.4 is 0 Å². The molecule has 6 heteroatoms. The van der Waals surface area contributed by atoms with Crippen LogP contribution in [-0.4, -0.2) is 37.2 Å². The smallest absolute Gasteiger partial charge is 0.306 e. The van der Waals surface area contributed by atoms with Crippen LogP contribution in [0.3, 0.4) is 0 Å². The molecule has 0 saturated heterocycles. The molecule has 1 unspecified atom stereocenters. The van der Waals surface area contributed by atoms with Gasteiger partial charge in [-0.15, -0.1) is 0 Å². The molecule has 0 aliphatic heterocycles. The largest absolute Gasteiger partial charge is 0.462 e. The van der Waals surface area contributed by atoms with Crippen LogP contribution in [0.4, 0.5) is 0 Å². The number of allylic oxidation sites excluding steroid dienone is 14. The summed E-state index contributed by atoms with van der Waals surface area (Å²) in [4.78, 5) is 37.7. The maximum absolute atomic E-state index is 12.7. The van der Waals surface area contributed by atoms with Gasteiger partial charge in [0.25, 0.3) is 0 Å². The average Bonchev–Trinajstić information content (AvgIpc) is 3.30. The predicted molar refractivity (Wildman–Crippen MR) is 279 cm³/mol. The molecule has 0 bridgehead atoms. The van der Waals surface area contributed by atoms with Gasteiger partial charge in [-0.2, -0.15) is 0 Å². The third-order valence-corrected chi connectivity index (χ3v) is 11.4. The molecule has 0 saturated carbocycles. The monoisotopic (exact) mass is 905 g/mol. The fourth-order valence-electron chi connectivity index (χ4n) is 7.32. The lowest BCUT2D eigenvalue weighted by Crippen LogP contribution is -2.30. The molecule has 0 spiro atoms. The highest BCUT2D eigenvalue weighted by Gasteiger charge is 2.19. The Morgan fingerprint density at radius 1 is 0.323 bits per heavy atom. The Morgan fingerprint density at radius 2 is 0.600 bits per heavy atom. The number of esters is 3. The molecule has 6 nitrogen and oxygen atoms in total. The summed E-state index contributed by atoms with van der Waals surface area (Å²) in [5.41, 5.74) is 0. The number of unbranched alkanes of at least 4 members (excludes halogenated alkanes) is 23. The van der Waals surface area contributed by atoms with Crippen molar-refractivity contribution >= 4 is 17.9 Å². The Bertz CT molecular complexity index is 1270. The second-order valence-electron chi connectivity index (χ2n) is 17.8. The summed E-state index contributed by atoms with van der Waals surface area (Å²) in [5, 5.41) is 0. The van der Waals surface area contributed by atoms with Crippen molar-refractivity contribution < 1.29 is 28.6 Å². The predicted octanol–water partition coefficient (Wildman–Crippen LogP) is 18.0. The highest BCUT2D eigenvalue weighted by Crippen LogP contribution is 2.14. The van der Waals surface area contributed by atoms with E-state index in [1.165, 1.54) is 89.9 Å². The van der Waals surface area contributed by atoms with Crippen molar-refractivity contribution in [1.82, 2.24) is 0 Å². The fraction of sp³-hybridized carbons (Fsp3) is 0.712. The van der Waals surface area contributed by atoms with E-state index < -0.39 is 6.10 Å². The van der Waals surface area contributed by atoms with Gasteiger partial charge in [-0.1, -0.05) is 221 Å². The van der Waals surface area contributed by atoms with Crippen LogP contribution in [0.1, 0.15) is 252 Å². The van der Waals surface area contributed by atoms with Crippen LogP contribution in [0, 0.1) is 0 Å². The molecule has 0 aliphatic rings. The Kier molecular flexibility index (Phi) is 50.4. The summed E-state index contributed by atoms with van der Waals surface area (Å²) < 4.78 is 16.7. The van der Waals surface area contributed by atoms with Crippen molar-refractivity contribution in [2.75, 3.05) is 13.2 Å². The van der Waals surface area contributed by atoms with Crippen molar-refractivity contribution in [1.29, 1.82) is 0 Å². The van der Waals surface area contributed by atoms with Crippen molar-refractivity contribution in [3.8, 4) is 0 Å². The first kappa shape index (κ1) is 61.6. The van der Waals surface area contributed by atoms with Gasteiger partial charge in [0.1, 0.15) is 13.2 Å². The van der Waals surface area contributed by atoms with Crippen molar-refractivity contribution in [3.05, 3.63) is 85.1 Å². The molecular weight excluding hydrogens is 805 g/mol. The molecule has 0 fully saturated rings. The van der Waals surface area contributed by atoms with Gasteiger partial charge in [-0.05, 0) is 96.3 Å².